The van der Waals surface area contributed by atoms with Gasteiger partial charge in [0.25, 0.3) is 0 Å². The summed E-state index contributed by atoms with van der Waals surface area (Å²) < 4.78 is 3.04. The van der Waals surface area contributed by atoms with Crippen molar-refractivity contribution in [3.05, 3.63) is 22.9 Å². The van der Waals surface area contributed by atoms with E-state index in [4.69, 9.17) is 0 Å². The van der Waals surface area contributed by atoms with Gasteiger partial charge in [-0.1, -0.05) is 20.3 Å². The molecule has 4 heteroatoms. The number of aryl methyl sites for hydroxylation is 1. The zero-order chi connectivity index (χ0) is 10.7. The highest BCUT2D eigenvalue weighted by Gasteiger charge is 2.13. The molecule has 1 rings (SSSR count). The SMILES string of the molecule is CCC(C)C(O)Cn1ccn(C)c1=O. The summed E-state index contributed by atoms with van der Waals surface area (Å²) in [7, 11) is 1.70. The molecule has 80 valence electrons. The Bertz CT molecular complexity index is 340. The molecular weight excluding hydrogens is 180 g/mol. The number of hydrogen-bond donors (Lipinski definition) is 1. The topological polar surface area (TPSA) is 47.2 Å². The van der Waals surface area contributed by atoms with E-state index in [1.54, 1.807) is 19.4 Å². The molecule has 0 aliphatic heterocycles. The summed E-state index contributed by atoms with van der Waals surface area (Å²) >= 11 is 0. The van der Waals surface area contributed by atoms with Gasteiger partial charge in [-0.25, -0.2) is 4.79 Å². The van der Waals surface area contributed by atoms with E-state index in [-0.39, 0.29) is 11.6 Å². The smallest absolute Gasteiger partial charge is 0.327 e. The summed E-state index contributed by atoms with van der Waals surface area (Å²) in [6.07, 6.45) is 3.88. The molecule has 14 heavy (non-hydrogen) atoms. The third-order valence-corrected chi connectivity index (χ3v) is 2.70. The van der Waals surface area contributed by atoms with Gasteiger partial charge in [0.1, 0.15) is 0 Å². The molecule has 1 aromatic rings. The van der Waals surface area contributed by atoms with Crippen LogP contribution in [-0.4, -0.2) is 20.3 Å². The van der Waals surface area contributed by atoms with Crippen molar-refractivity contribution in [2.24, 2.45) is 13.0 Å². The molecule has 0 bridgehead atoms. The van der Waals surface area contributed by atoms with Crippen molar-refractivity contribution in [2.75, 3.05) is 0 Å². The summed E-state index contributed by atoms with van der Waals surface area (Å²) in [6, 6.07) is 0. The summed E-state index contributed by atoms with van der Waals surface area (Å²) in [5.41, 5.74) is -0.0765. The highest BCUT2D eigenvalue weighted by atomic mass is 16.3. The lowest BCUT2D eigenvalue weighted by Gasteiger charge is -2.16. The molecule has 0 saturated heterocycles. The lowest BCUT2D eigenvalue weighted by atomic mass is 10.0. The number of aliphatic hydroxyl groups excluding tert-OH is 1. The maximum absolute atomic E-state index is 11.4. The van der Waals surface area contributed by atoms with Crippen LogP contribution in [0.3, 0.4) is 0 Å². The van der Waals surface area contributed by atoms with Crippen LogP contribution in [0.25, 0.3) is 0 Å². The highest BCUT2D eigenvalue weighted by molar-refractivity contribution is 4.81. The molecule has 1 aromatic heterocycles. The molecule has 0 saturated carbocycles. The zero-order valence-corrected chi connectivity index (χ0v) is 8.97. The fourth-order valence-corrected chi connectivity index (χ4v) is 1.30. The number of nitrogens with zero attached hydrogens (tertiary/aromatic N) is 2. The van der Waals surface area contributed by atoms with Crippen molar-refractivity contribution in [2.45, 2.75) is 32.9 Å². The first kappa shape index (κ1) is 11.0. The van der Waals surface area contributed by atoms with Gasteiger partial charge in [0.2, 0.25) is 0 Å². The van der Waals surface area contributed by atoms with Gasteiger partial charge in [-0.3, -0.25) is 4.57 Å². The van der Waals surface area contributed by atoms with Crippen molar-refractivity contribution >= 4 is 0 Å². The van der Waals surface area contributed by atoms with Crippen molar-refractivity contribution in [3.8, 4) is 0 Å². The number of hydrogen-bond acceptors (Lipinski definition) is 2. The Balaban J connectivity index is 2.69. The minimum atomic E-state index is -0.444. The highest BCUT2D eigenvalue weighted by Crippen LogP contribution is 2.08. The molecule has 0 spiro atoms. The lowest BCUT2D eigenvalue weighted by molar-refractivity contribution is 0.0955. The van der Waals surface area contributed by atoms with E-state index in [0.717, 1.165) is 6.42 Å². The van der Waals surface area contributed by atoms with Crippen LogP contribution in [0, 0.1) is 5.92 Å². The van der Waals surface area contributed by atoms with Crippen molar-refractivity contribution in [3.63, 3.8) is 0 Å². The Morgan fingerprint density at radius 2 is 2.14 bits per heavy atom. The molecule has 2 atom stereocenters. The molecule has 0 amide bonds. The Morgan fingerprint density at radius 1 is 1.50 bits per heavy atom. The monoisotopic (exact) mass is 198 g/mol. The van der Waals surface area contributed by atoms with Crippen LogP contribution in [0.4, 0.5) is 0 Å². The van der Waals surface area contributed by atoms with Crippen LogP contribution in [0.15, 0.2) is 17.2 Å². The Hall–Kier alpha value is -1.03. The van der Waals surface area contributed by atoms with Crippen LogP contribution in [0.1, 0.15) is 20.3 Å². The van der Waals surface area contributed by atoms with E-state index in [0.29, 0.717) is 6.54 Å². The average molecular weight is 198 g/mol. The third kappa shape index (κ3) is 2.26. The molecule has 0 aromatic carbocycles. The van der Waals surface area contributed by atoms with E-state index in [9.17, 15) is 9.90 Å². The van der Waals surface area contributed by atoms with Gasteiger partial charge in [0.15, 0.2) is 0 Å². The zero-order valence-electron chi connectivity index (χ0n) is 8.97. The number of aromatic nitrogens is 2. The Labute approximate surface area is 83.8 Å². The molecule has 4 nitrogen and oxygen atoms in total. The van der Waals surface area contributed by atoms with E-state index >= 15 is 0 Å². The normalized spacial score (nSPS) is 15.4. The van der Waals surface area contributed by atoms with Crippen molar-refractivity contribution in [1.82, 2.24) is 9.13 Å². The maximum atomic E-state index is 11.4. The number of aliphatic hydroxyl groups is 1. The summed E-state index contributed by atoms with van der Waals surface area (Å²) in [6.45, 7) is 4.40. The molecule has 1 N–H and O–H groups in total. The minimum absolute atomic E-state index is 0.0765. The fraction of sp³-hybridized carbons (Fsp3) is 0.700. The first-order valence-electron chi connectivity index (χ1n) is 4.96. The lowest BCUT2D eigenvalue weighted by Crippen LogP contribution is -2.30. The maximum Gasteiger partial charge on any atom is 0.327 e. The van der Waals surface area contributed by atoms with E-state index in [2.05, 4.69) is 0 Å². The van der Waals surface area contributed by atoms with Gasteiger partial charge in [-0.2, -0.15) is 0 Å². The van der Waals surface area contributed by atoms with Crippen LogP contribution < -0.4 is 5.69 Å². The average Bonchev–Trinajstić information content (AvgIpc) is 2.48. The van der Waals surface area contributed by atoms with Gasteiger partial charge < -0.3 is 9.67 Å². The fourth-order valence-electron chi connectivity index (χ4n) is 1.30. The predicted molar refractivity (Wildman–Crippen MR) is 55.1 cm³/mol. The molecule has 0 fully saturated rings. The summed E-state index contributed by atoms with van der Waals surface area (Å²) in [5, 5.41) is 9.74. The first-order valence-corrected chi connectivity index (χ1v) is 4.96. The molecule has 0 aliphatic rings. The van der Waals surface area contributed by atoms with Crippen molar-refractivity contribution < 1.29 is 5.11 Å². The second kappa shape index (κ2) is 4.46. The summed E-state index contributed by atoms with van der Waals surface area (Å²) in [4.78, 5) is 11.4. The van der Waals surface area contributed by atoms with Gasteiger partial charge in [0.05, 0.1) is 12.6 Å². The molecule has 1 heterocycles. The van der Waals surface area contributed by atoms with E-state index in [1.165, 1.54) is 9.13 Å². The van der Waals surface area contributed by atoms with Crippen molar-refractivity contribution in [1.29, 1.82) is 0 Å². The molecule has 0 radical (unpaired) electrons. The Morgan fingerprint density at radius 3 is 2.57 bits per heavy atom. The molecule has 0 aliphatic carbocycles. The quantitative estimate of drug-likeness (QED) is 0.770. The van der Waals surface area contributed by atoms with Gasteiger partial charge in [0, 0.05) is 19.4 Å². The molecular formula is C10H18N2O2. The second-order valence-electron chi connectivity index (χ2n) is 3.80. The minimum Gasteiger partial charge on any atom is -0.391 e. The molecule has 2 unspecified atom stereocenters. The van der Waals surface area contributed by atoms with Crippen LogP contribution >= 0.6 is 0 Å². The van der Waals surface area contributed by atoms with Gasteiger partial charge in [-0.05, 0) is 5.92 Å². The predicted octanol–water partition coefficient (Wildman–Crippen LogP) is 0.594. The van der Waals surface area contributed by atoms with Gasteiger partial charge in [-0.15, -0.1) is 0 Å². The third-order valence-electron chi connectivity index (χ3n) is 2.70. The van der Waals surface area contributed by atoms with Crippen LogP contribution in [0.2, 0.25) is 0 Å². The van der Waals surface area contributed by atoms with Crippen LogP contribution in [-0.2, 0) is 13.6 Å². The first-order chi connectivity index (χ1) is 6.56. The standard InChI is InChI=1S/C10H18N2O2/c1-4-8(2)9(13)7-12-6-5-11(3)10(12)14/h5-6,8-9,13H,4,7H2,1-3H3. The number of rotatable bonds is 4. The largest absolute Gasteiger partial charge is 0.391 e. The van der Waals surface area contributed by atoms with E-state index < -0.39 is 6.10 Å². The van der Waals surface area contributed by atoms with Gasteiger partial charge >= 0.3 is 5.69 Å². The van der Waals surface area contributed by atoms with E-state index in [1.807, 2.05) is 13.8 Å². The Kier molecular flexibility index (Phi) is 3.52. The van der Waals surface area contributed by atoms with Crippen LogP contribution in [0.5, 0.6) is 0 Å². The number of imidazole rings is 1. The second-order valence-corrected chi connectivity index (χ2v) is 3.80. The summed E-state index contributed by atoms with van der Waals surface area (Å²) in [5.74, 6) is 0.224.